The van der Waals surface area contributed by atoms with Crippen LogP contribution >= 0.6 is 11.6 Å². The van der Waals surface area contributed by atoms with Crippen LogP contribution in [0.2, 0.25) is 5.02 Å². The number of methoxy groups -OCH3 is 1. The number of nitrogens with zero attached hydrogens (tertiary/aromatic N) is 2. The summed E-state index contributed by atoms with van der Waals surface area (Å²) in [6.07, 6.45) is 3.45. The van der Waals surface area contributed by atoms with E-state index in [0.29, 0.717) is 68.8 Å². The Morgan fingerprint density at radius 3 is 2.72 bits per heavy atom. The Hall–Kier alpha value is -2.78. The molecule has 1 unspecified atom stereocenters. The number of rotatable bonds is 13. The maximum atomic E-state index is 16.5. The number of nitrogens with two attached hydrogens (primary N) is 1. The number of sulfonamides is 1. The van der Waals surface area contributed by atoms with E-state index < -0.39 is 45.2 Å². The quantitative estimate of drug-likeness (QED) is 0.269. The van der Waals surface area contributed by atoms with Gasteiger partial charge in [0.1, 0.15) is 17.7 Å². The Morgan fingerprint density at radius 2 is 1.96 bits per heavy atom. The Balaban J connectivity index is 1.31. The highest BCUT2D eigenvalue weighted by molar-refractivity contribution is 7.89. The number of carbonyl (C=O) groups is 1. The van der Waals surface area contributed by atoms with Crippen LogP contribution in [0, 0.1) is 11.8 Å². The van der Waals surface area contributed by atoms with Gasteiger partial charge in [-0.15, -0.1) is 0 Å². The van der Waals surface area contributed by atoms with E-state index in [9.17, 15) is 13.2 Å². The van der Waals surface area contributed by atoms with Crippen molar-refractivity contribution in [1.82, 2.24) is 4.90 Å². The molecule has 3 aliphatic heterocycles. The molecule has 2 saturated heterocycles. The summed E-state index contributed by atoms with van der Waals surface area (Å²) >= 11 is 6.45. The molecule has 2 N–H and O–H groups in total. The van der Waals surface area contributed by atoms with Gasteiger partial charge in [0.15, 0.2) is 0 Å². The molecule has 0 radical (unpaired) electrons. The molecule has 4 aliphatic rings. The molecule has 2 aromatic rings. The summed E-state index contributed by atoms with van der Waals surface area (Å²) < 4.78 is 70.4. The maximum Gasteiger partial charge on any atom is 0.337 e. The van der Waals surface area contributed by atoms with E-state index in [1.807, 2.05) is 18.2 Å². The third-order valence-corrected chi connectivity index (χ3v) is 13.3. The van der Waals surface area contributed by atoms with Crippen molar-refractivity contribution in [3.63, 3.8) is 0 Å². The fraction of sp³-hybridized carbons (Fsp3) is 0.615. The largest absolute Gasteiger partial charge is 0.490 e. The number of carbonyl (C=O) groups excluding carboxylic acids is 1. The standard InChI is InChI=1S/C39H53ClFN3O8S/c1-26(27(2)53(42,46)47)6-10-33(41)37(51-20-16-43-14-18-49-19-15-43)36-30(12-17-50-36)23-44-24-39(13-4-5-28-21-31(40)8-9-32(28)39)25-52-35-11-7-29(22-34(35)44)38(45)48-3/h7-11,21-22,26-27,30,36-37H,4-6,12-20,23-25H2,1-3H3,(H2,42,46,47)/b33-10-/t26-,27+,30-,36+,37?,39-/m0/s1. The van der Waals surface area contributed by atoms with Gasteiger partial charge in [-0.2, -0.15) is 0 Å². The number of ether oxygens (including phenoxy) is 5. The van der Waals surface area contributed by atoms with Crippen molar-refractivity contribution >= 4 is 33.3 Å². The normalized spacial score (nSPS) is 25.5. The molecule has 6 rings (SSSR count). The first-order valence-corrected chi connectivity index (χ1v) is 20.7. The molecule has 0 bridgehead atoms. The number of primary sulfonamides is 1. The summed E-state index contributed by atoms with van der Waals surface area (Å²) in [5.74, 6) is -0.834. The van der Waals surface area contributed by atoms with Gasteiger partial charge in [0.25, 0.3) is 0 Å². The van der Waals surface area contributed by atoms with E-state index in [4.69, 9.17) is 40.4 Å². The smallest absolute Gasteiger partial charge is 0.337 e. The molecule has 292 valence electrons. The summed E-state index contributed by atoms with van der Waals surface area (Å²) in [5, 5.41) is 5.27. The number of benzene rings is 2. The molecular weight excluding hydrogens is 725 g/mol. The molecule has 2 aromatic carbocycles. The molecule has 0 aromatic heterocycles. The molecule has 53 heavy (non-hydrogen) atoms. The van der Waals surface area contributed by atoms with Gasteiger partial charge in [-0.3, -0.25) is 4.90 Å². The summed E-state index contributed by atoms with van der Waals surface area (Å²) in [7, 11) is -2.42. The van der Waals surface area contributed by atoms with Crippen LogP contribution < -0.4 is 14.8 Å². The number of morpholine rings is 1. The molecule has 2 fully saturated rings. The van der Waals surface area contributed by atoms with Crippen molar-refractivity contribution in [1.29, 1.82) is 0 Å². The van der Waals surface area contributed by atoms with Crippen molar-refractivity contribution in [2.75, 3.05) is 77.8 Å². The molecule has 14 heteroatoms. The summed E-state index contributed by atoms with van der Waals surface area (Å²) in [4.78, 5) is 17.2. The molecule has 1 aliphatic carbocycles. The van der Waals surface area contributed by atoms with E-state index in [0.717, 1.165) is 38.0 Å². The number of esters is 1. The number of allylic oxidation sites excluding steroid dienone is 1. The molecule has 6 atom stereocenters. The minimum Gasteiger partial charge on any atom is -0.490 e. The number of fused-ring (bicyclic) bond motifs is 3. The number of hydrogen-bond acceptors (Lipinski definition) is 10. The minimum atomic E-state index is -3.78. The highest BCUT2D eigenvalue weighted by Crippen LogP contribution is 2.45. The van der Waals surface area contributed by atoms with Crippen LogP contribution in [-0.2, 0) is 40.8 Å². The van der Waals surface area contributed by atoms with Gasteiger partial charge in [-0.25, -0.2) is 22.7 Å². The zero-order valence-electron chi connectivity index (χ0n) is 30.9. The zero-order valence-corrected chi connectivity index (χ0v) is 32.5. The average Bonchev–Trinajstić information content (AvgIpc) is 3.54. The maximum absolute atomic E-state index is 16.5. The monoisotopic (exact) mass is 777 g/mol. The van der Waals surface area contributed by atoms with Gasteiger partial charge in [0, 0.05) is 55.7 Å². The first-order valence-electron chi connectivity index (χ1n) is 18.7. The molecular formula is C39H53ClFN3O8S. The lowest BCUT2D eigenvalue weighted by molar-refractivity contribution is -0.0609. The second-order valence-electron chi connectivity index (χ2n) is 15.0. The average molecular weight is 778 g/mol. The highest BCUT2D eigenvalue weighted by atomic mass is 35.5. The van der Waals surface area contributed by atoms with Gasteiger partial charge >= 0.3 is 5.97 Å². The van der Waals surface area contributed by atoms with Crippen LogP contribution in [0.25, 0.3) is 0 Å². The lowest BCUT2D eigenvalue weighted by Gasteiger charge is -2.42. The van der Waals surface area contributed by atoms with Gasteiger partial charge in [-0.05, 0) is 92.5 Å². The van der Waals surface area contributed by atoms with Crippen LogP contribution in [0.3, 0.4) is 0 Å². The van der Waals surface area contributed by atoms with Crippen LogP contribution in [0.15, 0.2) is 48.3 Å². The van der Waals surface area contributed by atoms with Gasteiger partial charge in [0.05, 0.1) is 56.1 Å². The van der Waals surface area contributed by atoms with Gasteiger partial charge in [0.2, 0.25) is 10.0 Å². The van der Waals surface area contributed by atoms with Crippen LogP contribution in [-0.4, -0.2) is 110 Å². The molecule has 11 nitrogen and oxygen atoms in total. The third kappa shape index (κ3) is 9.37. The first-order chi connectivity index (χ1) is 25.4. The molecule has 0 saturated carbocycles. The van der Waals surface area contributed by atoms with E-state index >= 15 is 4.39 Å². The summed E-state index contributed by atoms with van der Waals surface area (Å²) in [6.45, 7) is 9.00. The van der Waals surface area contributed by atoms with E-state index in [-0.39, 0.29) is 24.4 Å². The highest BCUT2D eigenvalue weighted by Gasteiger charge is 2.45. The Morgan fingerprint density at radius 1 is 1.17 bits per heavy atom. The minimum absolute atomic E-state index is 0.152. The first kappa shape index (κ1) is 39.9. The Kier molecular flexibility index (Phi) is 13.1. The zero-order chi connectivity index (χ0) is 37.8. The number of halogens is 2. The van der Waals surface area contributed by atoms with Crippen molar-refractivity contribution in [2.45, 2.75) is 68.8 Å². The second kappa shape index (κ2) is 17.3. The predicted octanol–water partition coefficient (Wildman–Crippen LogP) is 5.28. The van der Waals surface area contributed by atoms with Crippen LogP contribution in [0.4, 0.5) is 10.1 Å². The fourth-order valence-corrected chi connectivity index (χ4v) is 9.18. The van der Waals surface area contributed by atoms with E-state index in [2.05, 4.69) is 21.9 Å². The Labute approximate surface area is 317 Å². The molecule has 0 amide bonds. The van der Waals surface area contributed by atoms with Gasteiger partial charge in [-0.1, -0.05) is 24.6 Å². The molecule has 1 spiro atoms. The number of hydrogen-bond donors (Lipinski definition) is 1. The van der Waals surface area contributed by atoms with Crippen LogP contribution in [0.5, 0.6) is 5.75 Å². The van der Waals surface area contributed by atoms with Crippen molar-refractivity contribution in [3.05, 3.63) is 70.0 Å². The van der Waals surface area contributed by atoms with E-state index in [1.54, 1.807) is 19.9 Å². The van der Waals surface area contributed by atoms with Gasteiger partial charge < -0.3 is 28.6 Å². The third-order valence-electron chi connectivity index (χ3n) is 11.6. The van der Waals surface area contributed by atoms with Crippen molar-refractivity contribution in [3.8, 4) is 5.75 Å². The number of aryl methyl sites for hydroxylation is 1. The Bertz CT molecular complexity index is 1740. The number of anilines is 1. The summed E-state index contributed by atoms with van der Waals surface area (Å²) in [5.41, 5.74) is 3.24. The van der Waals surface area contributed by atoms with Crippen molar-refractivity contribution in [2.24, 2.45) is 17.0 Å². The lowest BCUT2D eigenvalue weighted by atomic mass is 9.70. The SMILES string of the molecule is COC(=O)c1ccc2c(c1)N(C[C@@H]1CCO[C@H]1C(OCCN1CCOCC1)/C(F)=C/C[C@H](C)[C@@H](C)S(N)(=O)=O)C[C@@]1(CCCc3cc(Cl)ccc31)CO2. The van der Waals surface area contributed by atoms with E-state index in [1.165, 1.54) is 24.3 Å². The summed E-state index contributed by atoms with van der Waals surface area (Å²) in [6, 6.07) is 11.5. The van der Waals surface area contributed by atoms with Crippen molar-refractivity contribution < 1.29 is 41.3 Å². The topological polar surface area (TPSA) is 130 Å². The predicted molar refractivity (Wildman–Crippen MR) is 202 cm³/mol. The van der Waals surface area contributed by atoms with Crippen LogP contribution in [0.1, 0.15) is 61.0 Å². The second-order valence-corrected chi connectivity index (χ2v) is 17.4. The fourth-order valence-electron chi connectivity index (χ4n) is 8.22. The molecule has 3 heterocycles. The lowest BCUT2D eigenvalue weighted by Crippen LogP contribution is -2.48.